The van der Waals surface area contributed by atoms with E-state index < -0.39 is 0 Å². The molecule has 0 saturated carbocycles. The Labute approximate surface area is 160 Å². The van der Waals surface area contributed by atoms with Gasteiger partial charge in [-0.3, -0.25) is 9.48 Å². The van der Waals surface area contributed by atoms with Gasteiger partial charge in [0.1, 0.15) is 5.69 Å². The lowest BCUT2D eigenvalue weighted by Gasteiger charge is -2.19. The van der Waals surface area contributed by atoms with E-state index in [9.17, 15) is 4.79 Å². The van der Waals surface area contributed by atoms with Gasteiger partial charge < -0.3 is 10.2 Å². The molecule has 0 aliphatic carbocycles. The minimum absolute atomic E-state index is 0.0361. The first-order valence-electron chi connectivity index (χ1n) is 9.10. The van der Waals surface area contributed by atoms with Crippen LogP contribution in [0.5, 0.6) is 0 Å². The highest BCUT2D eigenvalue weighted by Gasteiger charge is 2.31. The molecule has 1 atom stereocenters. The molecule has 1 fully saturated rings. The van der Waals surface area contributed by atoms with Gasteiger partial charge in [0.15, 0.2) is 0 Å². The van der Waals surface area contributed by atoms with E-state index in [1.165, 1.54) is 0 Å². The molecule has 1 amide bonds. The molecule has 2 aromatic rings. The Morgan fingerprint density at radius 3 is 2.73 bits per heavy atom. The number of hydrogen-bond donors (Lipinski definition) is 1. The summed E-state index contributed by atoms with van der Waals surface area (Å²) in [6.07, 6.45) is 2.90. The van der Waals surface area contributed by atoms with Crippen molar-refractivity contribution in [1.29, 1.82) is 0 Å². The van der Waals surface area contributed by atoms with Gasteiger partial charge in [-0.2, -0.15) is 5.10 Å². The molecule has 1 saturated heterocycles. The van der Waals surface area contributed by atoms with Gasteiger partial charge in [-0.25, -0.2) is 0 Å². The fourth-order valence-corrected chi connectivity index (χ4v) is 3.59. The van der Waals surface area contributed by atoms with Crippen molar-refractivity contribution in [2.75, 3.05) is 26.7 Å². The van der Waals surface area contributed by atoms with Crippen LogP contribution in [0.1, 0.15) is 37.6 Å². The van der Waals surface area contributed by atoms with Crippen molar-refractivity contribution in [3.63, 3.8) is 0 Å². The number of benzene rings is 1. The third-order valence-electron chi connectivity index (χ3n) is 4.83. The zero-order chi connectivity index (χ0) is 18.9. The fraction of sp³-hybridized carbons (Fsp3) is 0.500. The molecule has 5 nitrogen and oxygen atoms in total. The lowest BCUT2D eigenvalue weighted by atomic mass is 10.1. The van der Waals surface area contributed by atoms with E-state index in [0.717, 1.165) is 31.6 Å². The molecule has 1 aliphatic rings. The summed E-state index contributed by atoms with van der Waals surface area (Å²) < 4.78 is 1.86. The number of aromatic nitrogens is 2. The van der Waals surface area contributed by atoms with Crippen molar-refractivity contribution >= 4 is 17.5 Å². The minimum atomic E-state index is -0.214. The number of nitrogens with one attached hydrogen (secondary N) is 1. The lowest BCUT2D eigenvalue weighted by Crippen LogP contribution is -2.30. The van der Waals surface area contributed by atoms with E-state index in [-0.39, 0.29) is 11.4 Å². The molecule has 1 aromatic heterocycles. The van der Waals surface area contributed by atoms with Crippen molar-refractivity contribution in [1.82, 2.24) is 20.0 Å². The highest BCUT2D eigenvalue weighted by atomic mass is 35.5. The third-order valence-corrected chi connectivity index (χ3v) is 5.16. The summed E-state index contributed by atoms with van der Waals surface area (Å²) in [5, 5.41) is 8.55. The summed E-state index contributed by atoms with van der Waals surface area (Å²) in [4.78, 5) is 15.2. The number of amides is 1. The first-order chi connectivity index (χ1) is 12.3. The van der Waals surface area contributed by atoms with Crippen LogP contribution in [0, 0.1) is 5.92 Å². The van der Waals surface area contributed by atoms with Gasteiger partial charge in [0.05, 0.1) is 16.1 Å². The second-order valence-corrected chi connectivity index (χ2v) is 8.36. The maximum atomic E-state index is 13.3. The Kier molecular flexibility index (Phi) is 5.39. The smallest absolute Gasteiger partial charge is 0.257 e. The molecule has 1 aliphatic heterocycles. The molecule has 140 valence electrons. The standard InChI is InChI=1S/C20H27ClN4O/c1-20(2,3)25-13-16(18(23-25)15-7-5-6-8-17(15)21)19(26)24-10-9-14(12-24)11-22-4/h5-8,13-14,22H,9-12H2,1-4H3. The van der Waals surface area contributed by atoms with Gasteiger partial charge in [-0.15, -0.1) is 0 Å². The number of hydrogen-bond acceptors (Lipinski definition) is 3. The van der Waals surface area contributed by atoms with Crippen LogP contribution < -0.4 is 5.32 Å². The molecule has 0 radical (unpaired) electrons. The molecule has 1 aromatic carbocycles. The number of likely N-dealkylation sites (tertiary alicyclic amines) is 1. The molecule has 26 heavy (non-hydrogen) atoms. The summed E-state index contributed by atoms with van der Waals surface area (Å²) >= 11 is 6.40. The van der Waals surface area contributed by atoms with Gasteiger partial charge in [-0.05, 0) is 52.8 Å². The number of rotatable bonds is 4. The molecular weight excluding hydrogens is 348 g/mol. The summed E-state index contributed by atoms with van der Waals surface area (Å²) in [7, 11) is 1.95. The van der Waals surface area contributed by atoms with Crippen LogP contribution in [0.3, 0.4) is 0 Å². The van der Waals surface area contributed by atoms with Gasteiger partial charge in [-0.1, -0.05) is 29.8 Å². The topological polar surface area (TPSA) is 50.2 Å². The van der Waals surface area contributed by atoms with Crippen LogP contribution in [0.2, 0.25) is 5.02 Å². The molecular formula is C20H27ClN4O. The number of nitrogens with zero attached hydrogens (tertiary/aromatic N) is 3. The maximum absolute atomic E-state index is 13.3. The molecule has 6 heteroatoms. The van der Waals surface area contributed by atoms with Crippen LogP contribution >= 0.6 is 11.6 Å². The maximum Gasteiger partial charge on any atom is 0.257 e. The van der Waals surface area contributed by atoms with Crippen LogP contribution in [-0.2, 0) is 5.54 Å². The second kappa shape index (κ2) is 7.41. The highest BCUT2D eigenvalue weighted by Crippen LogP contribution is 2.32. The summed E-state index contributed by atoms with van der Waals surface area (Å²) in [5.41, 5.74) is 1.87. The van der Waals surface area contributed by atoms with Crippen LogP contribution in [0.15, 0.2) is 30.5 Å². The Bertz CT molecular complexity index is 793. The van der Waals surface area contributed by atoms with Gasteiger partial charge in [0, 0.05) is 24.8 Å². The largest absolute Gasteiger partial charge is 0.338 e. The van der Waals surface area contributed by atoms with Gasteiger partial charge >= 0.3 is 0 Å². The first kappa shape index (κ1) is 18.9. The van der Waals surface area contributed by atoms with E-state index >= 15 is 0 Å². The fourth-order valence-electron chi connectivity index (χ4n) is 3.37. The first-order valence-corrected chi connectivity index (χ1v) is 9.48. The van der Waals surface area contributed by atoms with Crippen LogP contribution in [0.25, 0.3) is 11.3 Å². The molecule has 0 bridgehead atoms. The molecule has 2 heterocycles. The highest BCUT2D eigenvalue weighted by molar-refractivity contribution is 6.33. The number of halogens is 1. The molecule has 1 unspecified atom stereocenters. The predicted octanol–water partition coefficient (Wildman–Crippen LogP) is 3.64. The molecule has 0 spiro atoms. The Hall–Kier alpha value is -1.85. The average molecular weight is 375 g/mol. The zero-order valence-electron chi connectivity index (χ0n) is 15.9. The van der Waals surface area contributed by atoms with E-state index in [1.807, 2.05) is 47.1 Å². The summed E-state index contributed by atoms with van der Waals surface area (Å²) in [6.45, 7) is 8.72. The van der Waals surface area contributed by atoms with Crippen molar-refractivity contribution in [3.05, 3.63) is 41.0 Å². The quantitative estimate of drug-likeness (QED) is 0.888. The predicted molar refractivity (Wildman–Crippen MR) is 106 cm³/mol. The van der Waals surface area contributed by atoms with Crippen LogP contribution in [0.4, 0.5) is 0 Å². The Morgan fingerprint density at radius 2 is 2.08 bits per heavy atom. The molecule has 1 N–H and O–H groups in total. The third kappa shape index (κ3) is 3.79. The van der Waals surface area contributed by atoms with Crippen LogP contribution in [-0.4, -0.2) is 47.3 Å². The summed E-state index contributed by atoms with van der Waals surface area (Å²) in [5.74, 6) is 0.541. The Morgan fingerprint density at radius 1 is 1.35 bits per heavy atom. The van der Waals surface area contributed by atoms with Crippen molar-refractivity contribution in [2.45, 2.75) is 32.7 Å². The van der Waals surface area contributed by atoms with Crippen molar-refractivity contribution in [2.24, 2.45) is 5.92 Å². The lowest BCUT2D eigenvalue weighted by molar-refractivity contribution is 0.0787. The molecule has 3 rings (SSSR count). The summed E-state index contributed by atoms with van der Waals surface area (Å²) in [6, 6.07) is 7.56. The normalized spacial score (nSPS) is 17.7. The van der Waals surface area contributed by atoms with E-state index in [1.54, 1.807) is 0 Å². The van der Waals surface area contributed by atoms with E-state index in [4.69, 9.17) is 16.7 Å². The SMILES string of the molecule is CNCC1CCN(C(=O)c2cn(C(C)(C)C)nc2-c2ccccc2Cl)C1. The Balaban J connectivity index is 1.99. The minimum Gasteiger partial charge on any atom is -0.338 e. The van der Waals surface area contributed by atoms with Gasteiger partial charge in [0.25, 0.3) is 5.91 Å². The number of carbonyl (C=O) groups excluding carboxylic acids is 1. The number of carbonyl (C=O) groups is 1. The van der Waals surface area contributed by atoms with Gasteiger partial charge in [0.2, 0.25) is 0 Å². The van der Waals surface area contributed by atoms with Crippen molar-refractivity contribution < 1.29 is 4.79 Å². The van der Waals surface area contributed by atoms with E-state index in [0.29, 0.717) is 22.2 Å². The van der Waals surface area contributed by atoms with E-state index in [2.05, 4.69) is 26.1 Å². The second-order valence-electron chi connectivity index (χ2n) is 7.95. The average Bonchev–Trinajstić information content (AvgIpc) is 3.22. The van der Waals surface area contributed by atoms with Crippen molar-refractivity contribution in [3.8, 4) is 11.3 Å². The monoisotopic (exact) mass is 374 g/mol. The zero-order valence-corrected chi connectivity index (χ0v) is 16.7.